The second-order valence-corrected chi connectivity index (χ2v) is 11.5. The first-order chi connectivity index (χ1) is 18.7. The van der Waals surface area contributed by atoms with E-state index < -0.39 is 28.6 Å². The van der Waals surface area contributed by atoms with Gasteiger partial charge in [-0.2, -0.15) is 0 Å². The quantitative estimate of drug-likeness (QED) is 0.187. The molecule has 2 atom stereocenters. The molecule has 2 heterocycles. The third-order valence-corrected chi connectivity index (χ3v) is 5.90. The second kappa shape index (κ2) is 15.0. The molecule has 3 N–H and O–H groups in total. The highest BCUT2D eigenvalue weighted by atomic mass is 32.2. The highest BCUT2D eigenvalue weighted by molar-refractivity contribution is 7.78. The molecular weight excluding hydrogens is 533 g/mol. The lowest BCUT2D eigenvalue weighted by molar-refractivity contribution is 0.0508. The van der Waals surface area contributed by atoms with Crippen LogP contribution in [0.25, 0.3) is 16.5 Å². The molecule has 2 aromatic rings. The van der Waals surface area contributed by atoms with Gasteiger partial charge in [-0.25, -0.2) is 9.18 Å². The predicted molar refractivity (Wildman–Crippen MR) is 159 cm³/mol. The zero-order valence-corrected chi connectivity index (χ0v) is 25.2. The lowest BCUT2D eigenvalue weighted by Gasteiger charge is -2.23. The number of allylic oxidation sites excluding steroid dienone is 2. The van der Waals surface area contributed by atoms with E-state index in [0.29, 0.717) is 11.4 Å². The minimum Gasteiger partial charge on any atom is -0.773 e. The summed E-state index contributed by atoms with van der Waals surface area (Å²) in [7, 11) is 0. The molecule has 0 saturated carbocycles. The van der Waals surface area contributed by atoms with Gasteiger partial charge in [-0.1, -0.05) is 23.7 Å². The highest BCUT2D eigenvalue weighted by Crippen LogP contribution is 2.30. The number of hydrogen-bond acceptors (Lipinski definition) is 7. The van der Waals surface area contributed by atoms with Crippen LogP contribution in [-0.2, 0) is 15.8 Å². The molecule has 1 aromatic heterocycles. The largest absolute Gasteiger partial charge is 0.773 e. The first kappa shape index (κ1) is 33.1. The molecule has 1 aliphatic rings. The Balaban J connectivity index is 0.00000131. The van der Waals surface area contributed by atoms with Crippen molar-refractivity contribution in [2.24, 2.45) is 4.99 Å². The van der Waals surface area contributed by atoms with Crippen LogP contribution in [0.5, 0.6) is 0 Å². The van der Waals surface area contributed by atoms with E-state index in [1.54, 1.807) is 6.07 Å². The third-order valence-electron chi connectivity index (χ3n) is 5.90. The van der Waals surface area contributed by atoms with Crippen molar-refractivity contribution in [1.82, 2.24) is 20.9 Å². The first-order valence-corrected chi connectivity index (χ1v) is 14.6. The van der Waals surface area contributed by atoms with Crippen molar-refractivity contribution >= 4 is 39.5 Å². The Morgan fingerprint density at radius 3 is 2.55 bits per heavy atom. The maximum Gasteiger partial charge on any atom is 0.408 e. The van der Waals surface area contributed by atoms with Crippen molar-refractivity contribution in [3.63, 3.8) is 0 Å². The Bertz CT molecular complexity index is 1280. The summed E-state index contributed by atoms with van der Waals surface area (Å²) >= 11 is -1.86. The molecule has 1 saturated heterocycles. The number of hydrogen-bond donors (Lipinski definition) is 3. The van der Waals surface area contributed by atoms with E-state index in [-0.39, 0.29) is 17.7 Å². The van der Waals surface area contributed by atoms with E-state index in [1.165, 1.54) is 6.20 Å². The summed E-state index contributed by atoms with van der Waals surface area (Å²) in [5.74, 6) is 0.197. The summed E-state index contributed by atoms with van der Waals surface area (Å²) in [5, 5.41) is 9.96. The Kier molecular flexibility index (Phi) is 12.4. The summed E-state index contributed by atoms with van der Waals surface area (Å²) in [5.41, 5.74) is 2.72. The maximum absolute atomic E-state index is 15.0. The molecule has 220 valence electrons. The number of halogens is 1. The van der Waals surface area contributed by atoms with Crippen LogP contribution in [0.4, 0.5) is 9.18 Å². The van der Waals surface area contributed by atoms with Gasteiger partial charge in [0, 0.05) is 22.9 Å². The lowest BCUT2D eigenvalue weighted by Crippen LogP contribution is -2.34. The van der Waals surface area contributed by atoms with Gasteiger partial charge in [0.05, 0.1) is 23.4 Å². The van der Waals surface area contributed by atoms with Crippen LogP contribution in [0, 0.1) is 6.92 Å². The predicted octanol–water partition coefficient (Wildman–Crippen LogP) is 5.21. The van der Waals surface area contributed by atoms with Crippen LogP contribution in [0.2, 0.25) is 0 Å². The van der Waals surface area contributed by atoms with E-state index >= 15 is 4.39 Å². The standard InChI is InChI=1S/C28H38FN5O2.CH4O2S/c1-17-14-23(19(3)33-27(35)36-28(5,6)7)24-15-21(8-9-26(24)32-17)18(2)25(29)16-31-20(4)34-22-10-12-30-13-11-22;1-4(2)3/h8-9,14-16,19,22,30H,2,10-13H2,1,3-7H3,(H,31,34)(H,33,35);1H3,(H,2,3)/p-1/b25-16+;. The molecule has 2 unspecified atom stereocenters. The molecule has 0 bridgehead atoms. The monoisotopic (exact) mass is 574 g/mol. The number of amides is 1. The van der Waals surface area contributed by atoms with Crippen molar-refractivity contribution in [2.75, 3.05) is 19.3 Å². The molecule has 1 aromatic carbocycles. The number of nitrogens with one attached hydrogen (secondary N) is 3. The summed E-state index contributed by atoms with van der Waals surface area (Å²) in [6.45, 7) is 16.9. The van der Waals surface area contributed by atoms with E-state index in [0.717, 1.165) is 54.3 Å². The van der Waals surface area contributed by atoms with Gasteiger partial charge in [-0.3, -0.25) is 14.2 Å². The number of fused-ring (bicyclic) bond motifs is 1. The molecule has 3 rings (SSSR count). The van der Waals surface area contributed by atoms with E-state index in [9.17, 15) is 4.79 Å². The molecule has 1 aliphatic heterocycles. The normalized spacial score (nSPS) is 16.4. The number of rotatable bonds is 6. The SMILES string of the molecule is C=C(/C(F)=C\NC(C)=NC1CCNCC1)c1ccc2nc(C)cc(C(C)NC(=O)OC(C)(C)C)c2c1.CS(=O)[O-]. The second-order valence-electron chi connectivity index (χ2n) is 10.7. The van der Waals surface area contributed by atoms with Crippen LogP contribution < -0.4 is 16.0 Å². The number of aromatic nitrogens is 1. The van der Waals surface area contributed by atoms with Gasteiger partial charge >= 0.3 is 6.09 Å². The van der Waals surface area contributed by atoms with Crippen LogP contribution in [0.1, 0.15) is 70.3 Å². The van der Waals surface area contributed by atoms with Gasteiger partial charge < -0.3 is 25.2 Å². The number of ether oxygens (including phenoxy) is 1. The van der Waals surface area contributed by atoms with Crippen LogP contribution in [0.15, 0.2) is 47.9 Å². The van der Waals surface area contributed by atoms with Crippen LogP contribution in [0.3, 0.4) is 0 Å². The Hall–Kier alpha value is -3.15. The number of carbonyl (C=O) groups excluding carboxylic acids is 1. The molecule has 1 fully saturated rings. The molecule has 9 nitrogen and oxygen atoms in total. The lowest BCUT2D eigenvalue weighted by atomic mass is 9.97. The molecule has 1 amide bonds. The molecule has 0 aliphatic carbocycles. The Labute approximate surface area is 239 Å². The fourth-order valence-corrected chi connectivity index (χ4v) is 4.14. The smallest absolute Gasteiger partial charge is 0.408 e. The molecule has 40 heavy (non-hydrogen) atoms. The van der Waals surface area contributed by atoms with Crippen molar-refractivity contribution in [3.05, 3.63) is 59.7 Å². The third kappa shape index (κ3) is 11.1. The zero-order chi connectivity index (χ0) is 30.0. The summed E-state index contributed by atoms with van der Waals surface area (Å²) in [6, 6.07) is 7.34. The van der Waals surface area contributed by atoms with Crippen molar-refractivity contribution in [2.45, 2.75) is 72.1 Å². The van der Waals surface area contributed by atoms with Gasteiger partial charge in [0.1, 0.15) is 11.4 Å². The Morgan fingerprint density at radius 1 is 1.32 bits per heavy atom. The number of aryl methyl sites for hydroxylation is 1. The maximum atomic E-state index is 15.0. The average Bonchev–Trinajstić information content (AvgIpc) is 2.85. The van der Waals surface area contributed by atoms with E-state index in [4.69, 9.17) is 13.5 Å². The molecule has 11 heteroatoms. The number of aliphatic imine (C=N–C) groups is 1. The zero-order valence-electron chi connectivity index (χ0n) is 24.4. The average molecular weight is 575 g/mol. The van der Waals surface area contributed by atoms with Gasteiger partial charge in [-0.05, 0) is 103 Å². The number of alkyl carbamates (subject to hydrolysis) is 1. The number of amidine groups is 1. The van der Waals surface area contributed by atoms with Gasteiger partial charge in [0.25, 0.3) is 0 Å². The minimum absolute atomic E-state index is 0.248. The van der Waals surface area contributed by atoms with E-state index in [1.807, 2.05) is 59.7 Å². The fourth-order valence-electron chi connectivity index (χ4n) is 4.14. The van der Waals surface area contributed by atoms with Crippen molar-refractivity contribution in [3.8, 4) is 0 Å². The summed E-state index contributed by atoms with van der Waals surface area (Å²) in [4.78, 5) is 21.6. The Morgan fingerprint density at radius 2 is 1.95 bits per heavy atom. The van der Waals surface area contributed by atoms with E-state index in [2.05, 4.69) is 32.5 Å². The highest BCUT2D eigenvalue weighted by Gasteiger charge is 2.20. The minimum atomic E-state index is -1.86. The summed E-state index contributed by atoms with van der Waals surface area (Å²) in [6.07, 6.45) is 3.84. The van der Waals surface area contributed by atoms with Crippen LogP contribution >= 0.6 is 0 Å². The van der Waals surface area contributed by atoms with Crippen molar-refractivity contribution < 1.29 is 22.7 Å². The van der Waals surface area contributed by atoms with Gasteiger partial charge in [0.2, 0.25) is 0 Å². The van der Waals surface area contributed by atoms with Gasteiger partial charge in [-0.15, -0.1) is 0 Å². The van der Waals surface area contributed by atoms with Crippen LogP contribution in [-0.4, -0.2) is 56.7 Å². The fraction of sp³-hybridized carbons (Fsp3) is 0.483. The molecule has 0 radical (unpaired) electrons. The van der Waals surface area contributed by atoms with Gasteiger partial charge in [0.15, 0.2) is 0 Å². The number of piperidine rings is 1. The first-order valence-electron chi connectivity index (χ1n) is 13.1. The van der Waals surface area contributed by atoms with Crippen molar-refractivity contribution in [1.29, 1.82) is 0 Å². The summed E-state index contributed by atoms with van der Waals surface area (Å²) < 4.78 is 38.4. The number of carbonyl (C=O) groups is 1. The number of benzene rings is 1. The molecule has 0 spiro atoms. The molecular formula is C29H41FN5O4S-. The topological polar surface area (TPSA) is 128 Å². The number of pyridine rings is 1. The number of nitrogens with zero attached hydrogens (tertiary/aromatic N) is 2.